The fraction of sp³-hybridized carbons (Fsp3) is 0.231. The van der Waals surface area contributed by atoms with Crippen molar-refractivity contribution in [2.75, 3.05) is 0 Å². The molecule has 1 aromatic carbocycles. The molecule has 3 heteroatoms. The molecule has 1 aromatic rings. The van der Waals surface area contributed by atoms with Gasteiger partial charge in [0.15, 0.2) is 0 Å². The molecule has 0 bridgehead atoms. The van der Waals surface area contributed by atoms with E-state index in [1.54, 1.807) is 18.2 Å². The van der Waals surface area contributed by atoms with Gasteiger partial charge in [0.2, 0.25) is 0 Å². The Morgan fingerprint density at radius 1 is 1.25 bits per heavy atom. The van der Waals surface area contributed by atoms with Gasteiger partial charge in [-0.2, -0.15) is 10.5 Å². The maximum Gasteiger partial charge on any atom is 0.140 e. The molecule has 0 saturated carbocycles. The number of hydrogen-bond donors (Lipinski definition) is 0. The van der Waals surface area contributed by atoms with E-state index in [2.05, 4.69) is 6.58 Å². The summed E-state index contributed by atoms with van der Waals surface area (Å²) in [6, 6.07) is 9.76. The Bertz CT molecular complexity index is 422. The number of nitrogens with zero attached hydrogens (tertiary/aromatic N) is 2. The van der Waals surface area contributed by atoms with Crippen LogP contribution in [0.5, 0.6) is 0 Å². The number of hydrogen-bond acceptors (Lipinski definition) is 2. The van der Waals surface area contributed by atoms with E-state index in [1.165, 1.54) is 12.1 Å². The minimum atomic E-state index is -0.733. The molecule has 0 N–H and O–H groups in total. The molecule has 0 aliphatic carbocycles. The summed E-state index contributed by atoms with van der Waals surface area (Å²) >= 11 is 0. The second-order valence-electron chi connectivity index (χ2n) is 3.42. The van der Waals surface area contributed by atoms with Crippen molar-refractivity contribution in [3.8, 4) is 12.1 Å². The largest absolute Gasteiger partial charge is 0.207 e. The summed E-state index contributed by atoms with van der Waals surface area (Å²) in [6.45, 7) is 3.60. The molecule has 80 valence electrons. The lowest BCUT2D eigenvalue weighted by atomic mass is 9.85. The molecule has 0 aliphatic heterocycles. The average molecular weight is 214 g/mol. The molecule has 0 aliphatic rings. The van der Waals surface area contributed by atoms with Crippen LogP contribution in [0.1, 0.15) is 17.9 Å². The van der Waals surface area contributed by atoms with E-state index in [4.69, 9.17) is 10.5 Å². The number of allylic oxidation sites excluding steroid dienone is 1. The van der Waals surface area contributed by atoms with Crippen LogP contribution in [0.3, 0.4) is 0 Å². The monoisotopic (exact) mass is 214 g/mol. The third-order valence-electron chi connectivity index (χ3n) is 2.40. The van der Waals surface area contributed by atoms with Gasteiger partial charge >= 0.3 is 0 Å². The van der Waals surface area contributed by atoms with Crippen molar-refractivity contribution in [2.24, 2.45) is 5.92 Å². The molecule has 0 amide bonds. The molecule has 16 heavy (non-hydrogen) atoms. The highest BCUT2D eigenvalue weighted by Gasteiger charge is 2.21. The van der Waals surface area contributed by atoms with Crippen LogP contribution in [0.25, 0.3) is 0 Å². The normalized spacial score (nSPS) is 11.5. The van der Waals surface area contributed by atoms with E-state index in [0.717, 1.165) is 5.56 Å². The SMILES string of the molecule is C=CCC(c1ccc(F)cc1)C(C#N)C#N. The van der Waals surface area contributed by atoms with Gasteiger partial charge in [-0.25, -0.2) is 4.39 Å². The van der Waals surface area contributed by atoms with Gasteiger partial charge in [-0.3, -0.25) is 0 Å². The Hall–Kier alpha value is -2.13. The summed E-state index contributed by atoms with van der Waals surface area (Å²) in [5.74, 6) is -1.30. The lowest BCUT2D eigenvalue weighted by Gasteiger charge is -2.15. The fourth-order valence-corrected chi connectivity index (χ4v) is 1.56. The Kier molecular flexibility index (Phi) is 4.24. The second-order valence-corrected chi connectivity index (χ2v) is 3.42. The van der Waals surface area contributed by atoms with Crippen LogP contribution in [-0.2, 0) is 0 Å². The number of rotatable bonds is 4. The number of halogens is 1. The van der Waals surface area contributed by atoms with Crippen molar-refractivity contribution >= 4 is 0 Å². The highest BCUT2D eigenvalue weighted by molar-refractivity contribution is 5.26. The van der Waals surface area contributed by atoms with Crippen LogP contribution in [-0.4, -0.2) is 0 Å². The lowest BCUT2D eigenvalue weighted by molar-refractivity contribution is 0.607. The first-order valence-electron chi connectivity index (χ1n) is 4.88. The first kappa shape index (κ1) is 11.9. The van der Waals surface area contributed by atoms with E-state index >= 15 is 0 Å². The zero-order valence-electron chi connectivity index (χ0n) is 8.73. The van der Waals surface area contributed by atoms with E-state index in [9.17, 15) is 4.39 Å². The zero-order chi connectivity index (χ0) is 12.0. The molecule has 1 rings (SSSR count). The van der Waals surface area contributed by atoms with Crippen LogP contribution in [0.2, 0.25) is 0 Å². The Labute approximate surface area is 94.2 Å². The average Bonchev–Trinajstić information content (AvgIpc) is 2.31. The molecule has 0 heterocycles. The van der Waals surface area contributed by atoms with Crippen molar-refractivity contribution in [1.82, 2.24) is 0 Å². The minimum absolute atomic E-state index is 0.243. The van der Waals surface area contributed by atoms with Crippen molar-refractivity contribution in [1.29, 1.82) is 10.5 Å². The van der Waals surface area contributed by atoms with Gasteiger partial charge in [0.25, 0.3) is 0 Å². The highest BCUT2D eigenvalue weighted by Crippen LogP contribution is 2.28. The summed E-state index contributed by atoms with van der Waals surface area (Å²) in [4.78, 5) is 0. The lowest BCUT2D eigenvalue weighted by Crippen LogP contribution is -2.09. The standard InChI is InChI=1S/C13H11FN2/c1-2-3-13(11(8-15)9-16)10-4-6-12(14)7-5-10/h2,4-7,11,13H,1,3H2. The van der Waals surface area contributed by atoms with Gasteiger partial charge in [-0.05, 0) is 24.1 Å². The van der Waals surface area contributed by atoms with Gasteiger partial charge in [0.1, 0.15) is 11.7 Å². The van der Waals surface area contributed by atoms with E-state index < -0.39 is 5.92 Å². The van der Waals surface area contributed by atoms with E-state index in [-0.39, 0.29) is 11.7 Å². The van der Waals surface area contributed by atoms with Crippen LogP contribution < -0.4 is 0 Å². The summed E-state index contributed by atoms with van der Waals surface area (Å²) in [7, 11) is 0. The summed E-state index contributed by atoms with van der Waals surface area (Å²) in [5, 5.41) is 17.7. The van der Waals surface area contributed by atoms with E-state index in [0.29, 0.717) is 6.42 Å². The Morgan fingerprint density at radius 3 is 2.25 bits per heavy atom. The quantitative estimate of drug-likeness (QED) is 0.723. The molecule has 0 fully saturated rings. The first-order valence-corrected chi connectivity index (χ1v) is 4.88. The molecule has 1 unspecified atom stereocenters. The van der Waals surface area contributed by atoms with Crippen molar-refractivity contribution in [2.45, 2.75) is 12.3 Å². The summed E-state index contributed by atoms with van der Waals surface area (Å²) < 4.78 is 12.8. The van der Waals surface area contributed by atoms with Crippen LogP contribution in [0.4, 0.5) is 4.39 Å². The number of nitriles is 2. The number of benzene rings is 1. The van der Waals surface area contributed by atoms with Crippen molar-refractivity contribution in [3.63, 3.8) is 0 Å². The van der Waals surface area contributed by atoms with Crippen LogP contribution in [0, 0.1) is 34.4 Å². The second kappa shape index (κ2) is 5.68. The first-order chi connectivity index (χ1) is 7.72. The summed E-state index contributed by atoms with van der Waals surface area (Å²) in [5.41, 5.74) is 0.786. The van der Waals surface area contributed by atoms with Crippen LogP contribution >= 0.6 is 0 Å². The Morgan fingerprint density at radius 2 is 1.81 bits per heavy atom. The van der Waals surface area contributed by atoms with Crippen molar-refractivity contribution < 1.29 is 4.39 Å². The van der Waals surface area contributed by atoms with Crippen molar-refractivity contribution in [3.05, 3.63) is 48.3 Å². The molecule has 2 nitrogen and oxygen atoms in total. The topological polar surface area (TPSA) is 47.6 Å². The van der Waals surface area contributed by atoms with Gasteiger partial charge in [0.05, 0.1) is 12.1 Å². The molecule has 0 spiro atoms. The van der Waals surface area contributed by atoms with Crippen LogP contribution in [0.15, 0.2) is 36.9 Å². The molecule has 0 saturated heterocycles. The van der Waals surface area contributed by atoms with Gasteiger partial charge in [-0.15, -0.1) is 6.58 Å². The molecule has 0 radical (unpaired) electrons. The Balaban J connectivity index is 3.03. The van der Waals surface area contributed by atoms with Gasteiger partial charge < -0.3 is 0 Å². The predicted molar refractivity (Wildman–Crippen MR) is 58.7 cm³/mol. The molecular weight excluding hydrogens is 203 g/mol. The molecular formula is C13H11FN2. The molecule has 1 atom stereocenters. The predicted octanol–water partition coefficient (Wildman–Crippen LogP) is 3.15. The minimum Gasteiger partial charge on any atom is -0.207 e. The van der Waals surface area contributed by atoms with Gasteiger partial charge in [-0.1, -0.05) is 18.2 Å². The van der Waals surface area contributed by atoms with Gasteiger partial charge in [0, 0.05) is 5.92 Å². The smallest absolute Gasteiger partial charge is 0.140 e. The maximum absolute atomic E-state index is 12.8. The highest BCUT2D eigenvalue weighted by atomic mass is 19.1. The van der Waals surface area contributed by atoms with E-state index in [1.807, 2.05) is 12.1 Å². The summed E-state index contributed by atoms with van der Waals surface area (Å²) in [6.07, 6.45) is 2.19. The third-order valence-corrected chi connectivity index (χ3v) is 2.40. The fourth-order valence-electron chi connectivity index (χ4n) is 1.56. The third kappa shape index (κ3) is 2.68. The zero-order valence-corrected chi connectivity index (χ0v) is 8.73. The molecule has 0 aromatic heterocycles. The maximum atomic E-state index is 12.8.